The van der Waals surface area contributed by atoms with Crippen LogP contribution in [0.2, 0.25) is 0 Å². The Hall–Kier alpha value is -4.55. The molecule has 0 aliphatic carbocycles. The fourth-order valence-corrected chi connectivity index (χ4v) is 7.41. The van der Waals surface area contributed by atoms with Gasteiger partial charge < -0.3 is 42.8 Å². The summed E-state index contributed by atoms with van der Waals surface area (Å²) < 4.78 is 47.0. The van der Waals surface area contributed by atoms with E-state index in [0.717, 1.165) is 24.0 Å². The van der Waals surface area contributed by atoms with E-state index in [4.69, 9.17) is 37.9 Å². The number of fused-ring (bicyclic) bond motifs is 3. The molecule has 2 amide bonds. The average molecular weight is 697 g/mol. The van der Waals surface area contributed by atoms with Crippen LogP contribution < -0.4 is 23.7 Å². The maximum atomic E-state index is 14.0. The molecule has 0 aromatic heterocycles. The summed E-state index contributed by atoms with van der Waals surface area (Å²) in [6, 6.07) is 2.65. The Bertz CT molecular complexity index is 1670. The Labute approximate surface area is 293 Å². The van der Waals surface area contributed by atoms with E-state index >= 15 is 0 Å². The molecular weight excluding hydrogens is 648 g/mol. The quantitative estimate of drug-likeness (QED) is 0.246. The third kappa shape index (κ3) is 6.54. The van der Waals surface area contributed by atoms with Crippen molar-refractivity contribution < 1.29 is 52.3 Å². The number of likely N-dealkylation sites (tertiary alicyclic amines) is 1. The molecule has 0 saturated carbocycles. The lowest BCUT2D eigenvalue weighted by atomic mass is 9.79. The molecule has 0 bridgehead atoms. The van der Waals surface area contributed by atoms with Gasteiger partial charge in [-0.2, -0.15) is 0 Å². The molecule has 1 fully saturated rings. The molecule has 0 radical (unpaired) electrons. The minimum absolute atomic E-state index is 0.0113. The van der Waals surface area contributed by atoms with E-state index in [0.29, 0.717) is 60.1 Å². The van der Waals surface area contributed by atoms with Crippen molar-refractivity contribution in [3.8, 4) is 28.7 Å². The van der Waals surface area contributed by atoms with Crippen molar-refractivity contribution in [1.29, 1.82) is 0 Å². The maximum Gasteiger partial charge on any atom is 0.410 e. The molecule has 0 spiro atoms. The summed E-state index contributed by atoms with van der Waals surface area (Å²) in [4.78, 5) is 43.8. The van der Waals surface area contributed by atoms with Gasteiger partial charge in [-0.15, -0.1) is 0 Å². The van der Waals surface area contributed by atoms with Crippen LogP contribution in [-0.2, 0) is 27.1 Å². The molecule has 272 valence electrons. The van der Waals surface area contributed by atoms with E-state index in [1.165, 1.54) is 14.2 Å². The monoisotopic (exact) mass is 696 g/mol. The zero-order chi connectivity index (χ0) is 36.1. The summed E-state index contributed by atoms with van der Waals surface area (Å²) in [5.74, 6) is 1.78. The zero-order valence-corrected chi connectivity index (χ0v) is 30.4. The van der Waals surface area contributed by atoms with Crippen LogP contribution in [-0.4, -0.2) is 86.9 Å². The molecular formula is C37H48N2O11. The number of rotatable bonds is 6. The van der Waals surface area contributed by atoms with Crippen molar-refractivity contribution in [3.05, 3.63) is 39.9 Å². The lowest BCUT2D eigenvalue weighted by Crippen LogP contribution is -2.45. The smallest absolute Gasteiger partial charge is 0.410 e. The molecule has 1 saturated heterocycles. The van der Waals surface area contributed by atoms with Gasteiger partial charge in [0.1, 0.15) is 22.8 Å². The zero-order valence-electron chi connectivity index (χ0n) is 30.4. The van der Waals surface area contributed by atoms with Crippen molar-refractivity contribution in [2.24, 2.45) is 5.92 Å². The van der Waals surface area contributed by atoms with E-state index in [9.17, 15) is 14.4 Å². The highest BCUT2D eigenvalue weighted by molar-refractivity contribution is 5.98. The number of carbonyl (C=O) groups excluding carboxylic acids is 3. The first-order chi connectivity index (χ1) is 23.7. The van der Waals surface area contributed by atoms with Gasteiger partial charge in [-0.25, -0.2) is 14.4 Å². The van der Waals surface area contributed by atoms with E-state index in [-0.39, 0.29) is 36.7 Å². The Morgan fingerprint density at radius 2 is 1.48 bits per heavy atom. The number of esters is 1. The highest BCUT2D eigenvalue weighted by atomic mass is 16.7. The summed E-state index contributed by atoms with van der Waals surface area (Å²) >= 11 is 0. The summed E-state index contributed by atoms with van der Waals surface area (Å²) in [7, 11) is 4.52. The summed E-state index contributed by atoms with van der Waals surface area (Å²) in [5, 5.41) is 0. The largest absolute Gasteiger partial charge is 0.493 e. The number of amides is 2. The highest BCUT2D eigenvalue weighted by Gasteiger charge is 2.50. The molecule has 50 heavy (non-hydrogen) atoms. The number of benzene rings is 2. The predicted octanol–water partition coefficient (Wildman–Crippen LogP) is 6.38. The second kappa shape index (κ2) is 13.3. The van der Waals surface area contributed by atoms with Crippen LogP contribution in [0.3, 0.4) is 0 Å². The van der Waals surface area contributed by atoms with Crippen LogP contribution in [0.1, 0.15) is 99.1 Å². The summed E-state index contributed by atoms with van der Waals surface area (Å²) in [6.45, 7) is 12.5. The number of hydrogen-bond acceptors (Lipinski definition) is 11. The third-order valence-corrected chi connectivity index (χ3v) is 9.46. The number of piperidine rings is 1. The van der Waals surface area contributed by atoms with Gasteiger partial charge in [0.2, 0.25) is 12.5 Å². The normalized spacial score (nSPS) is 20.1. The van der Waals surface area contributed by atoms with Gasteiger partial charge in [-0.1, -0.05) is 6.07 Å². The van der Waals surface area contributed by atoms with Crippen LogP contribution in [0.5, 0.6) is 28.7 Å². The van der Waals surface area contributed by atoms with Gasteiger partial charge in [0.05, 0.1) is 21.3 Å². The molecule has 6 rings (SSSR count). The lowest BCUT2D eigenvalue weighted by molar-refractivity contribution is -0.0195. The van der Waals surface area contributed by atoms with Gasteiger partial charge >= 0.3 is 18.2 Å². The standard InChI is InChI=1S/C37H48N2O11/c1-36(2,3)49-34(41)38-15-12-20(13-16-38)18-23-21-14-17-39(35(42)50-37(4,5)6)27(25(21)31(45-9)32-29(23)46-19-47-32)28-22-10-11-24(43-7)30(44-8)26(22)33(40)48-28/h10-11,20,27-28H,12-19H2,1-9H3/t27-,28+/m1/s1. The van der Waals surface area contributed by atoms with Crippen LogP contribution in [0.15, 0.2) is 12.1 Å². The maximum absolute atomic E-state index is 14.0. The average Bonchev–Trinajstić information content (AvgIpc) is 3.67. The number of nitrogens with zero attached hydrogens (tertiary/aromatic N) is 2. The van der Waals surface area contributed by atoms with E-state index in [2.05, 4.69) is 0 Å². The molecule has 0 unspecified atom stereocenters. The van der Waals surface area contributed by atoms with Crippen molar-refractivity contribution in [2.45, 2.75) is 90.6 Å². The Morgan fingerprint density at radius 1 is 0.840 bits per heavy atom. The number of methoxy groups -OCH3 is 3. The van der Waals surface area contributed by atoms with E-state index in [1.807, 2.05) is 41.5 Å². The summed E-state index contributed by atoms with van der Waals surface area (Å²) in [6.07, 6.45) is 0.907. The topological polar surface area (TPSA) is 132 Å². The van der Waals surface area contributed by atoms with Gasteiger partial charge in [-0.05, 0) is 84.8 Å². The van der Waals surface area contributed by atoms with Crippen molar-refractivity contribution >= 4 is 18.2 Å². The molecule has 4 heterocycles. The second-order valence-corrected chi connectivity index (χ2v) is 15.0. The van der Waals surface area contributed by atoms with Crippen LogP contribution in [0, 0.1) is 5.92 Å². The molecule has 4 aliphatic heterocycles. The Balaban J connectivity index is 1.44. The fraction of sp³-hybridized carbons (Fsp3) is 0.595. The van der Waals surface area contributed by atoms with Crippen molar-refractivity contribution in [1.82, 2.24) is 9.80 Å². The first-order valence-corrected chi connectivity index (χ1v) is 17.1. The molecule has 13 nitrogen and oxygen atoms in total. The van der Waals surface area contributed by atoms with Gasteiger partial charge in [0.15, 0.2) is 29.1 Å². The highest BCUT2D eigenvalue weighted by Crippen LogP contribution is 2.58. The van der Waals surface area contributed by atoms with E-state index in [1.54, 1.807) is 29.0 Å². The predicted molar refractivity (Wildman–Crippen MR) is 180 cm³/mol. The third-order valence-electron chi connectivity index (χ3n) is 9.46. The first kappa shape index (κ1) is 35.3. The minimum atomic E-state index is -0.928. The number of cyclic esters (lactones) is 1. The van der Waals surface area contributed by atoms with Crippen LogP contribution >= 0.6 is 0 Å². The van der Waals surface area contributed by atoms with Gasteiger partial charge in [0.25, 0.3) is 0 Å². The Morgan fingerprint density at radius 3 is 2.10 bits per heavy atom. The molecule has 2 atom stereocenters. The SMILES string of the molecule is COc1ccc2c(c1OC)C(=O)O[C@@H]2[C@H]1c2c(c(CC3CCN(C(=O)OC(C)(C)C)CC3)c3c(c2OC)OCO3)CCN1C(=O)OC(C)(C)C. The van der Waals surface area contributed by atoms with Crippen LogP contribution in [0.25, 0.3) is 0 Å². The van der Waals surface area contributed by atoms with Crippen molar-refractivity contribution in [2.75, 3.05) is 47.8 Å². The number of carbonyl (C=O) groups is 3. The molecule has 4 aliphatic rings. The molecule has 13 heteroatoms. The number of ether oxygens (including phenoxy) is 8. The fourth-order valence-electron chi connectivity index (χ4n) is 7.41. The summed E-state index contributed by atoms with van der Waals surface area (Å²) in [5.41, 5.74) is 2.05. The van der Waals surface area contributed by atoms with E-state index < -0.39 is 35.4 Å². The van der Waals surface area contributed by atoms with Gasteiger partial charge in [-0.3, -0.25) is 4.90 Å². The molecule has 0 N–H and O–H groups in total. The molecule has 2 aromatic carbocycles. The van der Waals surface area contributed by atoms with Gasteiger partial charge in [0, 0.05) is 36.3 Å². The van der Waals surface area contributed by atoms with Crippen molar-refractivity contribution in [3.63, 3.8) is 0 Å². The first-order valence-electron chi connectivity index (χ1n) is 17.1. The Kier molecular flexibility index (Phi) is 9.38. The minimum Gasteiger partial charge on any atom is -0.493 e. The molecule has 2 aromatic rings. The number of hydrogen-bond donors (Lipinski definition) is 0. The second-order valence-electron chi connectivity index (χ2n) is 15.0. The van der Waals surface area contributed by atoms with Crippen LogP contribution in [0.4, 0.5) is 9.59 Å². The lowest BCUT2D eigenvalue weighted by Gasteiger charge is -2.42.